The molecule has 0 radical (unpaired) electrons. The number of aliphatic hydroxyl groups excluding tert-OH is 1. The predicted octanol–water partition coefficient (Wildman–Crippen LogP) is 5.14. The summed E-state index contributed by atoms with van der Waals surface area (Å²) in [5, 5.41) is 22.3. The third-order valence-corrected chi connectivity index (χ3v) is 6.82. The molecule has 1 fully saturated rings. The Morgan fingerprint density at radius 3 is 2.39 bits per heavy atom. The molecule has 4 rings (SSSR count). The number of aromatic carboxylic acids is 1. The van der Waals surface area contributed by atoms with Crippen molar-refractivity contribution in [1.29, 1.82) is 0 Å². The van der Waals surface area contributed by atoms with E-state index in [-0.39, 0.29) is 22.6 Å². The molecule has 6 nitrogen and oxygen atoms in total. The Bertz CT molecular complexity index is 1250. The molecule has 0 unspecified atom stereocenters. The molecule has 2 N–H and O–H groups in total. The molecule has 156 valence electrons. The fraction of sp³-hybridized carbons (Fsp3) is 0.0870. The minimum Gasteiger partial charge on any atom is -0.507 e. The molecule has 1 saturated heterocycles. The fourth-order valence-corrected chi connectivity index (χ4v) is 5.12. The first-order valence-electron chi connectivity index (χ1n) is 9.24. The van der Waals surface area contributed by atoms with Gasteiger partial charge in [0.15, 0.2) is 0 Å². The monoisotopic (exact) mass is 497 g/mol. The fourth-order valence-electron chi connectivity index (χ4n) is 3.58. The number of hydrogen-bond donors (Lipinski definition) is 2. The number of amides is 1. The lowest BCUT2D eigenvalue weighted by Crippen LogP contribution is -2.29. The van der Waals surface area contributed by atoms with Crippen LogP contribution < -0.4 is 4.90 Å². The summed E-state index contributed by atoms with van der Waals surface area (Å²) in [4.78, 5) is 39.7. The number of hydrogen-bond acceptors (Lipinski definition) is 5. The molecule has 1 aliphatic rings. The van der Waals surface area contributed by atoms with Gasteiger partial charge in [-0.05, 0) is 46.6 Å². The number of nitrogens with zero attached hydrogens (tertiary/aromatic N) is 1. The number of carboxylic acids is 1. The molecule has 1 aromatic heterocycles. The number of rotatable bonds is 4. The highest BCUT2D eigenvalue weighted by atomic mass is 79.9. The molecular formula is C23H16BrNO5S. The molecule has 1 atom stereocenters. The molecule has 2 aromatic carbocycles. The van der Waals surface area contributed by atoms with Gasteiger partial charge in [-0.15, -0.1) is 11.3 Å². The molecule has 0 aliphatic carbocycles. The number of anilines is 1. The predicted molar refractivity (Wildman–Crippen MR) is 121 cm³/mol. The SMILES string of the molecule is Cc1ccc(N2C(=O)C(=O)C(=C(O)c3ccccc3)[C@@H]2c2cc(Br)cs2)cc1C(=O)O. The number of aryl methyl sites for hydroxylation is 1. The first kappa shape index (κ1) is 21.0. The van der Waals surface area contributed by atoms with Gasteiger partial charge < -0.3 is 10.2 Å². The summed E-state index contributed by atoms with van der Waals surface area (Å²) in [6.45, 7) is 1.66. The summed E-state index contributed by atoms with van der Waals surface area (Å²) >= 11 is 4.72. The Morgan fingerprint density at radius 2 is 1.77 bits per heavy atom. The van der Waals surface area contributed by atoms with E-state index in [1.54, 1.807) is 55.5 Å². The van der Waals surface area contributed by atoms with Crippen molar-refractivity contribution in [2.75, 3.05) is 4.90 Å². The maximum absolute atomic E-state index is 13.1. The van der Waals surface area contributed by atoms with Crippen molar-refractivity contribution in [3.63, 3.8) is 0 Å². The van der Waals surface area contributed by atoms with Crippen LogP contribution in [0.3, 0.4) is 0 Å². The normalized spacial score (nSPS) is 17.9. The van der Waals surface area contributed by atoms with E-state index in [9.17, 15) is 24.6 Å². The molecule has 31 heavy (non-hydrogen) atoms. The van der Waals surface area contributed by atoms with Crippen molar-refractivity contribution in [2.24, 2.45) is 0 Å². The summed E-state index contributed by atoms with van der Waals surface area (Å²) in [5.74, 6) is -3.06. The maximum atomic E-state index is 13.1. The topological polar surface area (TPSA) is 94.9 Å². The van der Waals surface area contributed by atoms with Gasteiger partial charge in [-0.25, -0.2) is 4.79 Å². The summed E-state index contributed by atoms with van der Waals surface area (Å²) < 4.78 is 0.771. The van der Waals surface area contributed by atoms with E-state index in [1.165, 1.54) is 22.3 Å². The summed E-state index contributed by atoms with van der Waals surface area (Å²) in [6, 6.07) is 14.0. The van der Waals surface area contributed by atoms with E-state index in [0.717, 1.165) is 4.47 Å². The van der Waals surface area contributed by atoms with Gasteiger partial charge in [-0.3, -0.25) is 14.5 Å². The highest BCUT2D eigenvalue weighted by Gasteiger charge is 2.47. The van der Waals surface area contributed by atoms with Gasteiger partial charge in [-0.2, -0.15) is 0 Å². The maximum Gasteiger partial charge on any atom is 0.336 e. The van der Waals surface area contributed by atoms with Crippen molar-refractivity contribution in [3.8, 4) is 0 Å². The van der Waals surface area contributed by atoms with Gasteiger partial charge in [0.05, 0.1) is 11.1 Å². The van der Waals surface area contributed by atoms with Gasteiger partial charge in [0, 0.05) is 26.0 Å². The van der Waals surface area contributed by atoms with E-state index in [4.69, 9.17) is 0 Å². The van der Waals surface area contributed by atoms with E-state index in [1.807, 2.05) is 5.38 Å². The Hall–Kier alpha value is -3.23. The molecule has 2 heterocycles. The number of carbonyl (C=O) groups excluding carboxylic acids is 2. The van der Waals surface area contributed by atoms with Crippen LogP contribution in [-0.2, 0) is 9.59 Å². The number of benzene rings is 2. The summed E-state index contributed by atoms with van der Waals surface area (Å²) in [5.41, 5.74) is 1.21. The number of carboxylic acid groups (broad SMARTS) is 1. The second-order valence-corrected chi connectivity index (χ2v) is 8.87. The minimum atomic E-state index is -1.13. The first-order chi connectivity index (χ1) is 14.8. The number of ketones is 1. The second kappa shape index (κ2) is 8.13. The average molecular weight is 498 g/mol. The highest BCUT2D eigenvalue weighted by molar-refractivity contribution is 9.10. The number of Topliss-reactive ketones (excluding diaryl/α,β-unsaturated/α-hetero) is 1. The smallest absolute Gasteiger partial charge is 0.336 e. The zero-order valence-electron chi connectivity index (χ0n) is 16.2. The van der Waals surface area contributed by atoms with Crippen molar-refractivity contribution < 1.29 is 24.6 Å². The van der Waals surface area contributed by atoms with E-state index < -0.39 is 23.7 Å². The van der Waals surface area contributed by atoms with Gasteiger partial charge in [0.2, 0.25) is 0 Å². The van der Waals surface area contributed by atoms with Gasteiger partial charge in [0.1, 0.15) is 11.8 Å². The van der Waals surface area contributed by atoms with Crippen LogP contribution in [0.5, 0.6) is 0 Å². The van der Waals surface area contributed by atoms with Crippen LogP contribution >= 0.6 is 27.3 Å². The Kier molecular flexibility index (Phi) is 5.51. The van der Waals surface area contributed by atoms with Crippen LogP contribution in [0, 0.1) is 6.92 Å². The molecule has 0 bridgehead atoms. The Balaban J connectivity index is 1.95. The van der Waals surface area contributed by atoms with Crippen molar-refractivity contribution >= 4 is 56.4 Å². The third-order valence-electron chi connectivity index (χ3n) is 5.08. The molecule has 8 heteroatoms. The van der Waals surface area contributed by atoms with E-state index >= 15 is 0 Å². The molecule has 0 spiro atoms. The minimum absolute atomic E-state index is 0.0357. The summed E-state index contributed by atoms with van der Waals surface area (Å²) in [7, 11) is 0. The van der Waals surface area contributed by atoms with Crippen LogP contribution in [0.2, 0.25) is 0 Å². The summed E-state index contributed by atoms with van der Waals surface area (Å²) in [6.07, 6.45) is 0. The van der Waals surface area contributed by atoms with Crippen molar-refractivity contribution in [2.45, 2.75) is 13.0 Å². The standard InChI is InChI=1S/C23H16BrNO5S/c1-12-7-8-15(10-16(12)23(29)30)25-19(17-9-14(24)11-31-17)18(21(27)22(25)28)20(26)13-5-3-2-4-6-13/h2-11,19,26H,1H3,(H,29,30)/t19-/m0/s1. The molecule has 1 amide bonds. The largest absolute Gasteiger partial charge is 0.507 e. The zero-order valence-corrected chi connectivity index (χ0v) is 18.6. The average Bonchev–Trinajstić information content (AvgIpc) is 3.29. The Labute approximate surface area is 190 Å². The lowest BCUT2D eigenvalue weighted by molar-refractivity contribution is -0.132. The molecule has 0 saturated carbocycles. The van der Waals surface area contributed by atoms with Crippen LogP contribution in [0.15, 0.2) is 70.0 Å². The quantitative estimate of drug-likeness (QED) is 0.295. The van der Waals surface area contributed by atoms with Crippen molar-refractivity contribution in [3.05, 3.63) is 91.6 Å². The van der Waals surface area contributed by atoms with Crippen LogP contribution in [0.25, 0.3) is 5.76 Å². The number of thiophene rings is 1. The number of carbonyl (C=O) groups is 3. The van der Waals surface area contributed by atoms with Crippen molar-refractivity contribution in [1.82, 2.24) is 0 Å². The highest BCUT2D eigenvalue weighted by Crippen LogP contribution is 2.44. The Morgan fingerprint density at radius 1 is 1.06 bits per heavy atom. The van der Waals surface area contributed by atoms with Gasteiger partial charge >= 0.3 is 5.97 Å². The van der Waals surface area contributed by atoms with Crippen LogP contribution in [0.4, 0.5) is 5.69 Å². The van der Waals surface area contributed by atoms with Crippen LogP contribution in [-0.4, -0.2) is 27.9 Å². The lowest BCUT2D eigenvalue weighted by Gasteiger charge is -2.24. The zero-order chi connectivity index (χ0) is 22.3. The first-order valence-corrected chi connectivity index (χ1v) is 10.9. The molecular weight excluding hydrogens is 482 g/mol. The lowest BCUT2D eigenvalue weighted by atomic mass is 9.99. The van der Waals surface area contributed by atoms with Gasteiger partial charge in [-0.1, -0.05) is 36.4 Å². The van der Waals surface area contributed by atoms with Gasteiger partial charge in [0.25, 0.3) is 11.7 Å². The number of aliphatic hydroxyl groups is 1. The second-order valence-electron chi connectivity index (χ2n) is 7.01. The van der Waals surface area contributed by atoms with E-state index in [0.29, 0.717) is 16.0 Å². The third kappa shape index (κ3) is 3.68. The van der Waals surface area contributed by atoms with Crippen LogP contribution in [0.1, 0.15) is 32.4 Å². The molecule has 1 aliphatic heterocycles. The molecule has 3 aromatic rings. The number of halogens is 1. The van der Waals surface area contributed by atoms with E-state index in [2.05, 4.69) is 15.9 Å².